The molecule has 0 fully saturated rings. The minimum absolute atomic E-state index is 0.124. The van der Waals surface area contributed by atoms with E-state index in [-0.39, 0.29) is 17.9 Å². The molecule has 6 nitrogen and oxygen atoms in total. The number of nitrogens with zero attached hydrogens (tertiary/aromatic N) is 2. The van der Waals surface area contributed by atoms with Gasteiger partial charge in [0.15, 0.2) is 0 Å². The molecule has 7 heteroatoms. The third-order valence-corrected chi connectivity index (χ3v) is 2.08. The Morgan fingerprint density at radius 2 is 2.35 bits per heavy atom. The number of carbonyl (C=O) groups excluding carboxylic acids is 1. The van der Waals surface area contributed by atoms with Crippen molar-refractivity contribution in [2.24, 2.45) is 0 Å². The number of H-pyrrole nitrogens is 1. The number of carbonyl (C=O) groups is 1. The van der Waals surface area contributed by atoms with Gasteiger partial charge in [0.05, 0.1) is 12.1 Å². The lowest BCUT2D eigenvalue weighted by Gasteiger charge is -2.04. The molecule has 0 bridgehead atoms. The van der Waals surface area contributed by atoms with Gasteiger partial charge >= 0.3 is 0 Å². The standard InChI is InChI=1S/C10H9FN4O2/c11-8-3-6(16)1-2-7(8)10(17)12-4-9-13-5-14-15-9/h1-3,5,16H,4H2,(H,12,17)(H,13,14,15). The monoisotopic (exact) mass is 236 g/mol. The summed E-state index contributed by atoms with van der Waals surface area (Å²) < 4.78 is 13.3. The van der Waals surface area contributed by atoms with Crippen LogP contribution in [0.1, 0.15) is 16.2 Å². The molecule has 2 rings (SSSR count). The number of phenolic OH excluding ortho intramolecular Hbond substituents is 1. The van der Waals surface area contributed by atoms with E-state index in [1.54, 1.807) is 0 Å². The number of phenols is 1. The van der Waals surface area contributed by atoms with Gasteiger partial charge in [-0.2, -0.15) is 5.10 Å². The van der Waals surface area contributed by atoms with Gasteiger partial charge in [0.2, 0.25) is 0 Å². The van der Waals surface area contributed by atoms with Crippen LogP contribution in [0, 0.1) is 5.82 Å². The number of aromatic amines is 1. The van der Waals surface area contributed by atoms with E-state index in [2.05, 4.69) is 20.5 Å². The van der Waals surface area contributed by atoms with Crippen LogP contribution in [0.15, 0.2) is 24.5 Å². The summed E-state index contributed by atoms with van der Waals surface area (Å²) in [7, 11) is 0. The molecule has 0 aliphatic rings. The largest absolute Gasteiger partial charge is 0.508 e. The second kappa shape index (κ2) is 4.60. The number of aromatic nitrogens is 3. The van der Waals surface area contributed by atoms with Gasteiger partial charge in [0, 0.05) is 6.07 Å². The van der Waals surface area contributed by atoms with Crippen molar-refractivity contribution < 1.29 is 14.3 Å². The van der Waals surface area contributed by atoms with Crippen molar-refractivity contribution >= 4 is 5.91 Å². The predicted molar refractivity (Wildman–Crippen MR) is 55.6 cm³/mol. The first-order chi connectivity index (χ1) is 8.16. The maximum atomic E-state index is 13.3. The van der Waals surface area contributed by atoms with E-state index >= 15 is 0 Å². The summed E-state index contributed by atoms with van der Waals surface area (Å²) in [5, 5.41) is 17.6. The van der Waals surface area contributed by atoms with Crippen molar-refractivity contribution in [2.75, 3.05) is 0 Å². The number of benzene rings is 1. The molecule has 1 aromatic heterocycles. The number of halogens is 1. The zero-order chi connectivity index (χ0) is 12.3. The Bertz CT molecular complexity index is 527. The molecule has 3 N–H and O–H groups in total. The maximum absolute atomic E-state index is 13.3. The Kier molecular flexibility index (Phi) is 2.99. The fourth-order valence-electron chi connectivity index (χ4n) is 1.26. The first-order valence-electron chi connectivity index (χ1n) is 4.78. The summed E-state index contributed by atoms with van der Waals surface area (Å²) in [4.78, 5) is 15.4. The lowest BCUT2D eigenvalue weighted by molar-refractivity contribution is 0.0946. The molecule has 0 aliphatic carbocycles. The summed E-state index contributed by atoms with van der Waals surface area (Å²) in [5.41, 5.74) is -0.137. The molecular weight excluding hydrogens is 227 g/mol. The molecule has 0 atom stereocenters. The molecule has 0 saturated carbocycles. The quantitative estimate of drug-likeness (QED) is 0.727. The molecule has 0 aliphatic heterocycles. The summed E-state index contributed by atoms with van der Waals surface area (Å²) >= 11 is 0. The van der Waals surface area contributed by atoms with E-state index in [4.69, 9.17) is 5.11 Å². The minimum atomic E-state index is -0.778. The van der Waals surface area contributed by atoms with Gasteiger partial charge in [-0.1, -0.05) is 0 Å². The van der Waals surface area contributed by atoms with Crippen LogP contribution in [-0.4, -0.2) is 26.2 Å². The first kappa shape index (κ1) is 11.1. The van der Waals surface area contributed by atoms with E-state index in [0.29, 0.717) is 5.82 Å². The number of hydrogen-bond acceptors (Lipinski definition) is 4. The molecule has 1 heterocycles. The number of nitrogens with one attached hydrogen (secondary N) is 2. The SMILES string of the molecule is O=C(NCc1ncn[nH]1)c1ccc(O)cc1F. The highest BCUT2D eigenvalue weighted by Crippen LogP contribution is 2.14. The minimum Gasteiger partial charge on any atom is -0.508 e. The van der Waals surface area contributed by atoms with Gasteiger partial charge in [-0.3, -0.25) is 9.89 Å². The third kappa shape index (κ3) is 2.57. The number of amides is 1. The highest BCUT2D eigenvalue weighted by atomic mass is 19.1. The summed E-state index contributed by atoms with van der Waals surface area (Å²) in [5.74, 6) is -1.12. The van der Waals surface area contributed by atoms with Crippen LogP contribution in [0.5, 0.6) is 5.75 Å². The second-order valence-electron chi connectivity index (χ2n) is 3.28. The Morgan fingerprint density at radius 1 is 1.53 bits per heavy atom. The van der Waals surface area contributed by atoms with Gasteiger partial charge in [-0.25, -0.2) is 9.37 Å². The van der Waals surface area contributed by atoms with E-state index in [0.717, 1.165) is 6.07 Å². The molecule has 0 spiro atoms. The highest BCUT2D eigenvalue weighted by Gasteiger charge is 2.12. The van der Waals surface area contributed by atoms with Crippen LogP contribution in [0.4, 0.5) is 4.39 Å². The molecule has 88 valence electrons. The van der Waals surface area contributed by atoms with Crippen LogP contribution >= 0.6 is 0 Å². The first-order valence-corrected chi connectivity index (χ1v) is 4.78. The zero-order valence-corrected chi connectivity index (χ0v) is 8.64. The van der Waals surface area contributed by atoms with Crippen molar-refractivity contribution in [3.63, 3.8) is 0 Å². The van der Waals surface area contributed by atoms with Gasteiger partial charge < -0.3 is 10.4 Å². The van der Waals surface area contributed by atoms with Crippen LogP contribution < -0.4 is 5.32 Å². The summed E-state index contributed by atoms with van der Waals surface area (Å²) in [6, 6.07) is 3.33. The second-order valence-corrected chi connectivity index (χ2v) is 3.28. The topological polar surface area (TPSA) is 90.9 Å². The average molecular weight is 236 g/mol. The normalized spacial score (nSPS) is 10.2. The van der Waals surface area contributed by atoms with Gasteiger partial charge in [0.1, 0.15) is 23.7 Å². The van der Waals surface area contributed by atoms with E-state index in [9.17, 15) is 9.18 Å². The molecule has 0 unspecified atom stereocenters. The van der Waals surface area contributed by atoms with Crippen molar-refractivity contribution in [1.29, 1.82) is 0 Å². The van der Waals surface area contributed by atoms with Crippen molar-refractivity contribution in [3.05, 3.63) is 41.7 Å². The van der Waals surface area contributed by atoms with Crippen molar-refractivity contribution in [1.82, 2.24) is 20.5 Å². The smallest absolute Gasteiger partial charge is 0.254 e. The Hall–Kier alpha value is -2.44. The zero-order valence-electron chi connectivity index (χ0n) is 8.64. The predicted octanol–water partition coefficient (Wildman–Crippen LogP) is 0.579. The Balaban J connectivity index is 2.04. The Labute approximate surface area is 95.5 Å². The van der Waals surface area contributed by atoms with Crippen molar-refractivity contribution in [3.8, 4) is 5.75 Å². The Morgan fingerprint density at radius 3 is 3.00 bits per heavy atom. The number of hydrogen-bond donors (Lipinski definition) is 3. The van der Waals surface area contributed by atoms with Gasteiger partial charge in [-0.05, 0) is 12.1 Å². The van der Waals surface area contributed by atoms with E-state index in [1.807, 2.05) is 0 Å². The van der Waals surface area contributed by atoms with Crippen LogP contribution in [0.3, 0.4) is 0 Å². The fourth-order valence-corrected chi connectivity index (χ4v) is 1.26. The maximum Gasteiger partial charge on any atom is 0.254 e. The van der Waals surface area contributed by atoms with Crippen molar-refractivity contribution in [2.45, 2.75) is 6.54 Å². The molecule has 0 saturated heterocycles. The molecular formula is C10H9FN4O2. The summed E-state index contributed by atoms with van der Waals surface area (Å²) in [6.07, 6.45) is 1.31. The van der Waals surface area contributed by atoms with Crippen LogP contribution in [-0.2, 0) is 6.54 Å². The average Bonchev–Trinajstić information content (AvgIpc) is 2.78. The number of rotatable bonds is 3. The molecule has 0 radical (unpaired) electrons. The van der Waals surface area contributed by atoms with E-state index < -0.39 is 11.7 Å². The lowest BCUT2D eigenvalue weighted by Crippen LogP contribution is -2.24. The fraction of sp³-hybridized carbons (Fsp3) is 0.100. The molecule has 2 aromatic rings. The van der Waals surface area contributed by atoms with E-state index in [1.165, 1.54) is 18.5 Å². The molecule has 1 amide bonds. The van der Waals surface area contributed by atoms with Crippen LogP contribution in [0.25, 0.3) is 0 Å². The molecule has 1 aromatic carbocycles. The van der Waals surface area contributed by atoms with Crippen LogP contribution in [0.2, 0.25) is 0 Å². The van der Waals surface area contributed by atoms with Gasteiger partial charge in [0.25, 0.3) is 5.91 Å². The summed E-state index contributed by atoms with van der Waals surface area (Å²) in [6.45, 7) is 0.124. The third-order valence-electron chi connectivity index (χ3n) is 2.08. The number of aromatic hydroxyl groups is 1. The lowest BCUT2D eigenvalue weighted by atomic mass is 10.2. The molecule has 17 heavy (non-hydrogen) atoms. The highest BCUT2D eigenvalue weighted by molar-refractivity contribution is 5.94. The van der Waals surface area contributed by atoms with Gasteiger partial charge in [-0.15, -0.1) is 0 Å².